The van der Waals surface area contributed by atoms with Gasteiger partial charge in [0.1, 0.15) is 17.2 Å². The van der Waals surface area contributed by atoms with Gasteiger partial charge in [0.15, 0.2) is 0 Å². The van der Waals surface area contributed by atoms with E-state index < -0.39 is 17.1 Å². The first kappa shape index (κ1) is 14.2. The zero-order valence-corrected chi connectivity index (χ0v) is 12.7. The van der Waals surface area contributed by atoms with Crippen LogP contribution in [0.15, 0.2) is 0 Å². The predicted octanol–water partition coefficient (Wildman–Crippen LogP) is 1.74. The Morgan fingerprint density at radius 3 is 2.40 bits per heavy atom. The number of epoxide rings is 1. The fourth-order valence-electron chi connectivity index (χ4n) is 5.31. The highest BCUT2D eigenvalue weighted by atomic mass is 16.6. The molecule has 2 saturated carbocycles. The number of Topliss-reactive ketones (excluding diaryl/α,β-unsaturated/α-hetero) is 2. The van der Waals surface area contributed by atoms with Crippen LogP contribution in [0.1, 0.15) is 47.0 Å². The lowest BCUT2D eigenvalue weighted by Crippen LogP contribution is -2.64. The summed E-state index contributed by atoms with van der Waals surface area (Å²) < 4.78 is 5.95. The minimum absolute atomic E-state index is 0.00954. The second kappa shape index (κ2) is 4.14. The van der Waals surface area contributed by atoms with Gasteiger partial charge in [0, 0.05) is 17.3 Å². The summed E-state index contributed by atoms with van der Waals surface area (Å²) >= 11 is 0. The molecule has 1 heterocycles. The summed E-state index contributed by atoms with van der Waals surface area (Å²) in [6, 6.07) is 0. The first-order chi connectivity index (χ1) is 9.26. The fourth-order valence-corrected chi connectivity index (χ4v) is 5.31. The maximum Gasteiger partial charge on any atom is 0.134 e. The van der Waals surface area contributed by atoms with Crippen molar-refractivity contribution in [2.75, 3.05) is 0 Å². The Bertz CT molecular complexity index is 473. The Hall–Kier alpha value is -0.740. The van der Waals surface area contributed by atoms with Crippen LogP contribution >= 0.6 is 0 Å². The first-order valence-electron chi connectivity index (χ1n) is 7.63. The Morgan fingerprint density at radius 2 is 1.85 bits per heavy atom. The normalized spacial score (nSPS) is 53.8. The van der Waals surface area contributed by atoms with Crippen LogP contribution in [-0.4, -0.2) is 34.5 Å². The second-order valence-electron chi connectivity index (χ2n) is 7.22. The molecule has 1 N–H and O–H groups in total. The number of aliphatic hydroxyl groups is 1. The van der Waals surface area contributed by atoms with Gasteiger partial charge >= 0.3 is 0 Å². The van der Waals surface area contributed by atoms with Gasteiger partial charge < -0.3 is 9.84 Å². The van der Waals surface area contributed by atoms with Crippen molar-refractivity contribution in [1.29, 1.82) is 0 Å². The van der Waals surface area contributed by atoms with Gasteiger partial charge in [0.25, 0.3) is 0 Å². The van der Waals surface area contributed by atoms with Gasteiger partial charge in [-0.15, -0.1) is 0 Å². The number of carbonyl (C=O) groups is 2. The molecule has 0 aromatic rings. The molecule has 0 radical (unpaired) electrons. The molecule has 0 bridgehead atoms. The molecule has 2 aliphatic carbocycles. The molecule has 4 heteroatoms. The van der Waals surface area contributed by atoms with Gasteiger partial charge in [-0.25, -0.2) is 0 Å². The molecule has 1 spiro atoms. The van der Waals surface area contributed by atoms with Gasteiger partial charge in [0.05, 0.1) is 12.2 Å². The van der Waals surface area contributed by atoms with Crippen LogP contribution in [0.4, 0.5) is 0 Å². The summed E-state index contributed by atoms with van der Waals surface area (Å²) in [6.07, 6.45) is 1.73. The average molecular weight is 280 g/mol. The summed E-state index contributed by atoms with van der Waals surface area (Å²) in [5, 5.41) is 10.6. The van der Waals surface area contributed by atoms with E-state index >= 15 is 0 Å². The molecule has 0 aromatic heterocycles. The SMILES string of the molecule is CC(=O)[C@@H]1[C@H](C(C)=O)C[C@@H](O)[C@@]23O[C@@H]2CC[C@@H](C)[C@]13C. The van der Waals surface area contributed by atoms with E-state index in [4.69, 9.17) is 4.74 Å². The molecular weight excluding hydrogens is 256 g/mol. The molecule has 20 heavy (non-hydrogen) atoms. The molecule has 0 unspecified atom stereocenters. The van der Waals surface area contributed by atoms with E-state index in [1.54, 1.807) is 6.92 Å². The number of hydrogen-bond donors (Lipinski definition) is 1. The number of aliphatic hydroxyl groups excluding tert-OH is 1. The van der Waals surface area contributed by atoms with Crippen LogP contribution in [0.3, 0.4) is 0 Å². The lowest BCUT2D eigenvalue weighted by atomic mass is 9.46. The summed E-state index contributed by atoms with van der Waals surface area (Å²) in [4.78, 5) is 24.3. The van der Waals surface area contributed by atoms with E-state index in [1.807, 2.05) is 0 Å². The number of ketones is 2. The topological polar surface area (TPSA) is 66.9 Å². The van der Waals surface area contributed by atoms with Crippen molar-refractivity contribution >= 4 is 11.6 Å². The number of ether oxygens (including phenoxy) is 1. The number of carbonyl (C=O) groups excluding carboxylic acids is 2. The third kappa shape index (κ3) is 1.44. The summed E-state index contributed by atoms with van der Waals surface area (Å²) in [5.74, 6) is -0.364. The first-order valence-corrected chi connectivity index (χ1v) is 7.63. The number of rotatable bonds is 2. The van der Waals surface area contributed by atoms with Crippen LogP contribution in [-0.2, 0) is 14.3 Å². The zero-order valence-electron chi connectivity index (χ0n) is 12.7. The van der Waals surface area contributed by atoms with E-state index in [0.717, 1.165) is 12.8 Å². The smallest absolute Gasteiger partial charge is 0.134 e. The highest BCUT2D eigenvalue weighted by Crippen LogP contribution is 2.69. The highest BCUT2D eigenvalue weighted by Gasteiger charge is 2.78. The monoisotopic (exact) mass is 280 g/mol. The lowest BCUT2D eigenvalue weighted by Gasteiger charge is -2.55. The van der Waals surface area contributed by atoms with Gasteiger partial charge in [-0.2, -0.15) is 0 Å². The molecule has 3 rings (SSSR count). The standard InChI is InChI=1S/C16H24O4/c1-8-5-6-13-16(20-13)12(19)7-11(9(2)17)14(10(3)18)15(8,16)4/h8,11-14,19H,5-7H2,1-4H3/t8-,11+,12-,13-,14-,15-,16-/m1/s1. The van der Waals surface area contributed by atoms with Crippen LogP contribution in [0.2, 0.25) is 0 Å². The second-order valence-corrected chi connectivity index (χ2v) is 7.22. The largest absolute Gasteiger partial charge is 0.390 e. The van der Waals surface area contributed by atoms with Crippen LogP contribution < -0.4 is 0 Å². The van der Waals surface area contributed by atoms with E-state index in [2.05, 4.69) is 13.8 Å². The summed E-state index contributed by atoms with van der Waals surface area (Å²) in [6.45, 7) is 7.30. The van der Waals surface area contributed by atoms with Crippen molar-refractivity contribution in [3.63, 3.8) is 0 Å². The molecule has 112 valence electrons. The van der Waals surface area contributed by atoms with Crippen LogP contribution in [0.5, 0.6) is 0 Å². The van der Waals surface area contributed by atoms with Gasteiger partial charge in [-0.05, 0) is 39.0 Å². The van der Waals surface area contributed by atoms with Crippen molar-refractivity contribution in [1.82, 2.24) is 0 Å². The minimum atomic E-state index is -0.634. The molecule has 7 atom stereocenters. The molecule has 0 amide bonds. The third-order valence-electron chi connectivity index (χ3n) is 6.47. The maximum absolute atomic E-state index is 12.3. The van der Waals surface area contributed by atoms with Crippen LogP contribution in [0.25, 0.3) is 0 Å². The quantitative estimate of drug-likeness (QED) is 0.782. The number of hydrogen-bond acceptors (Lipinski definition) is 4. The van der Waals surface area contributed by atoms with E-state index in [1.165, 1.54) is 6.92 Å². The maximum atomic E-state index is 12.3. The van der Waals surface area contributed by atoms with Crippen molar-refractivity contribution in [2.45, 2.75) is 64.8 Å². The average Bonchev–Trinajstić information content (AvgIpc) is 3.08. The summed E-state index contributed by atoms with van der Waals surface area (Å²) in [7, 11) is 0. The van der Waals surface area contributed by atoms with Gasteiger partial charge in [0.2, 0.25) is 0 Å². The molecule has 3 fully saturated rings. The van der Waals surface area contributed by atoms with E-state index in [9.17, 15) is 14.7 Å². The highest BCUT2D eigenvalue weighted by molar-refractivity contribution is 5.89. The molecule has 1 aliphatic heterocycles. The Morgan fingerprint density at radius 1 is 1.20 bits per heavy atom. The van der Waals surface area contributed by atoms with Crippen molar-refractivity contribution < 1.29 is 19.4 Å². The molecular formula is C16H24O4. The Balaban J connectivity index is 2.12. The lowest BCUT2D eigenvalue weighted by molar-refractivity contribution is -0.164. The summed E-state index contributed by atoms with van der Waals surface area (Å²) in [5.41, 5.74) is -1.03. The molecule has 4 nitrogen and oxygen atoms in total. The van der Waals surface area contributed by atoms with E-state index in [-0.39, 0.29) is 35.4 Å². The van der Waals surface area contributed by atoms with Crippen molar-refractivity contribution in [2.24, 2.45) is 23.2 Å². The van der Waals surface area contributed by atoms with Crippen LogP contribution in [0, 0.1) is 23.2 Å². The Labute approximate surface area is 119 Å². The van der Waals surface area contributed by atoms with Gasteiger partial charge in [-0.3, -0.25) is 9.59 Å². The third-order valence-corrected chi connectivity index (χ3v) is 6.47. The van der Waals surface area contributed by atoms with E-state index in [0.29, 0.717) is 6.42 Å². The van der Waals surface area contributed by atoms with Gasteiger partial charge in [-0.1, -0.05) is 13.8 Å². The molecule has 1 saturated heterocycles. The zero-order chi connectivity index (χ0) is 14.9. The minimum Gasteiger partial charge on any atom is -0.390 e. The Kier molecular flexibility index (Phi) is 2.94. The van der Waals surface area contributed by atoms with Crippen molar-refractivity contribution in [3.05, 3.63) is 0 Å². The molecule has 0 aromatic carbocycles. The fraction of sp³-hybridized carbons (Fsp3) is 0.875. The van der Waals surface area contributed by atoms with Crippen molar-refractivity contribution in [3.8, 4) is 0 Å². The molecule has 3 aliphatic rings. The predicted molar refractivity (Wildman–Crippen MR) is 73.1 cm³/mol.